The number of carbonyl (C=O) groups is 3. The van der Waals surface area contributed by atoms with E-state index in [-0.39, 0.29) is 22.5 Å². The summed E-state index contributed by atoms with van der Waals surface area (Å²) in [5, 5.41) is 13.6. The average molecular weight is 477 g/mol. The summed E-state index contributed by atoms with van der Waals surface area (Å²) < 4.78 is 41.6. The maximum atomic E-state index is 13.6. The fraction of sp³-hybridized carbons (Fsp3) is 0.217. The number of fused-ring (bicyclic) bond motifs is 1. The number of hydrogen-bond donors (Lipinski definition) is 1. The van der Waals surface area contributed by atoms with E-state index >= 15 is 0 Å². The van der Waals surface area contributed by atoms with Gasteiger partial charge in [-0.15, -0.1) is 0 Å². The summed E-state index contributed by atoms with van der Waals surface area (Å²) >= 11 is 6.01. The Morgan fingerprint density at radius 2 is 1.97 bits per heavy atom. The van der Waals surface area contributed by atoms with E-state index in [0.717, 1.165) is 16.8 Å². The lowest BCUT2D eigenvalue weighted by molar-refractivity contribution is -0.142. The summed E-state index contributed by atoms with van der Waals surface area (Å²) in [4.78, 5) is 35.9. The van der Waals surface area contributed by atoms with Gasteiger partial charge in [0.15, 0.2) is 0 Å². The second-order valence-corrected chi connectivity index (χ2v) is 8.07. The van der Waals surface area contributed by atoms with Gasteiger partial charge in [0.25, 0.3) is 5.91 Å². The molecule has 0 saturated heterocycles. The molecule has 1 aliphatic rings. The molecular weight excluding hydrogens is 461 g/mol. The monoisotopic (exact) mass is 476 g/mol. The number of carboxylic acid groups (broad SMARTS) is 1. The van der Waals surface area contributed by atoms with Gasteiger partial charge in [0.1, 0.15) is 6.29 Å². The lowest BCUT2D eigenvalue weighted by Crippen LogP contribution is -2.20. The number of allylic oxidation sites excluding steroid dienone is 2. The van der Waals surface area contributed by atoms with Gasteiger partial charge in [-0.3, -0.25) is 14.4 Å². The number of rotatable bonds is 4. The number of aromatic nitrogens is 2. The minimum atomic E-state index is -4.83. The van der Waals surface area contributed by atoms with Crippen molar-refractivity contribution >= 4 is 46.2 Å². The Bertz CT molecular complexity index is 1330. The molecule has 0 radical (unpaired) electrons. The molecule has 1 aliphatic carbocycles. The first-order valence-electron chi connectivity index (χ1n) is 9.92. The van der Waals surface area contributed by atoms with Gasteiger partial charge in [0.2, 0.25) is 0 Å². The largest absolute Gasteiger partial charge is 0.481 e. The second kappa shape index (κ2) is 8.47. The van der Waals surface area contributed by atoms with Gasteiger partial charge in [-0.05, 0) is 49.1 Å². The number of aliphatic carboxylic acids is 1. The normalized spacial score (nSPS) is 16.5. The van der Waals surface area contributed by atoms with Gasteiger partial charge in [0, 0.05) is 10.9 Å². The van der Waals surface area contributed by atoms with Crippen molar-refractivity contribution in [2.75, 3.05) is 0 Å². The van der Waals surface area contributed by atoms with Crippen molar-refractivity contribution in [3.05, 3.63) is 69.9 Å². The zero-order valence-corrected chi connectivity index (χ0v) is 17.7. The van der Waals surface area contributed by atoms with E-state index in [0.29, 0.717) is 35.8 Å². The summed E-state index contributed by atoms with van der Waals surface area (Å²) in [7, 11) is 0. The van der Waals surface area contributed by atoms with E-state index in [1.54, 1.807) is 12.1 Å². The van der Waals surface area contributed by atoms with Crippen LogP contribution in [-0.4, -0.2) is 33.0 Å². The summed E-state index contributed by atoms with van der Waals surface area (Å²) in [5.74, 6) is -2.54. The van der Waals surface area contributed by atoms with Crippen molar-refractivity contribution in [3.63, 3.8) is 0 Å². The number of halogens is 4. The number of carboxylic acids is 1. The lowest BCUT2D eigenvalue weighted by Gasteiger charge is -2.17. The van der Waals surface area contributed by atoms with E-state index < -0.39 is 35.1 Å². The molecule has 0 fully saturated rings. The Balaban J connectivity index is 1.90. The number of aldehydes is 1. The molecular formula is C23H16ClF3N2O4. The zero-order valence-electron chi connectivity index (χ0n) is 16.9. The number of benzene rings is 2. The third-order valence-electron chi connectivity index (χ3n) is 5.63. The van der Waals surface area contributed by atoms with Crippen molar-refractivity contribution in [3.8, 4) is 0 Å². The third-order valence-corrected chi connectivity index (χ3v) is 5.95. The number of carbonyl (C=O) groups excluding carboxylic acids is 2. The van der Waals surface area contributed by atoms with Gasteiger partial charge in [0.05, 0.1) is 33.3 Å². The van der Waals surface area contributed by atoms with Crippen LogP contribution in [0.3, 0.4) is 0 Å². The zero-order chi connectivity index (χ0) is 23.9. The van der Waals surface area contributed by atoms with E-state index in [2.05, 4.69) is 5.10 Å². The molecule has 2 aromatic carbocycles. The highest BCUT2D eigenvalue weighted by Crippen LogP contribution is 2.37. The molecule has 3 aromatic rings. The van der Waals surface area contributed by atoms with Crippen LogP contribution in [-0.2, 0) is 11.0 Å². The molecule has 0 aliphatic heterocycles. The van der Waals surface area contributed by atoms with Crippen LogP contribution in [0.5, 0.6) is 0 Å². The Labute approximate surface area is 190 Å². The van der Waals surface area contributed by atoms with Crippen LogP contribution in [0.15, 0.2) is 42.5 Å². The molecule has 0 bridgehead atoms. The Morgan fingerprint density at radius 1 is 1.21 bits per heavy atom. The van der Waals surface area contributed by atoms with Crippen molar-refractivity contribution in [1.29, 1.82) is 0 Å². The van der Waals surface area contributed by atoms with E-state index in [1.807, 2.05) is 0 Å². The molecule has 1 atom stereocenters. The predicted octanol–water partition coefficient (Wildman–Crippen LogP) is 5.48. The van der Waals surface area contributed by atoms with Gasteiger partial charge in [-0.1, -0.05) is 29.8 Å². The maximum Gasteiger partial charge on any atom is 0.417 e. The van der Waals surface area contributed by atoms with Crippen molar-refractivity contribution in [1.82, 2.24) is 9.78 Å². The first-order chi connectivity index (χ1) is 15.6. The Hall–Kier alpha value is -3.46. The quantitative estimate of drug-likeness (QED) is 0.504. The predicted molar refractivity (Wildman–Crippen MR) is 114 cm³/mol. The van der Waals surface area contributed by atoms with Crippen molar-refractivity contribution < 1.29 is 32.7 Å². The molecule has 4 rings (SSSR count). The van der Waals surface area contributed by atoms with Gasteiger partial charge < -0.3 is 5.11 Å². The fourth-order valence-electron chi connectivity index (χ4n) is 3.95. The van der Waals surface area contributed by atoms with Gasteiger partial charge in [-0.25, -0.2) is 0 Å². The van der Waals surface area contributed by atoms with E-state index in [9.17, 15) is 32.7 Å². The van der Waals surface area contributed by atoms with Crippen LogP contribution in [0.25, 0.3) is 16.5 Å². The SMILES string of the molecule is O=Cc1ccc2c(C3=CCC(C(=O)O)CC3)nn(C(=O)c3c(Cl)cccc3C(F)(F)F)c2c1. The van der Waals surface area contributed by atoms with Crippen molar-refractivity contribution in [2.24, 2.45) is 5.92 Å². The summed E-state index contributed by atoms with van der Waals surface area (Å²) in [5.41, 5.74) is -0.561. The van der Waals surface area contributed by atoms with Crippen LogP contribution < -0.4 is 0 Å². The Morgan fingerprint density at radius 3 is 2.58 bits per heavy atom. The van der Waals surface area contributed by atoms with Crippen LogP contribution in [0.2, 0.25) is 5.02 Å². The smallest absolute Gasteiger partial charge is 0.417 e. The first kappa shape index (κ1) is 22.7. The van der Waals surface area contributed by atoms with Crippen LogP contribution in [0.1, 0.15) is 51.2 Å². The molecule has 1 N–H and O–H groups in total. The van der Waals surface area contributed by atoms with Gasteiger partial charge >= 0.3 is 12.1 Å². The van der Waals surface area contributed by atoms with Crippen molar-refractivity contribution in [2.45, 2.75) is 25.4 Å². The third kappa shape index (κ3) is 4.16. The summed E-state index contributed by atoms with van der Waals surface area (Å²) in [6.07, 6.45) is -1.57. The molecule has 0 spiro atoms. The minimum Gasteiger partial charge on any atom is -0.481 e. The highest BCUT2D eigenvalue weighted by atomic mass is 35.5. The molecule has 1 heterocycles. The highest BCUT2D eigenvalue weighted by molar-refractivity contribution is 6.34. The molecule has 1 unspecified atom stereocenters. The van der Waals surface area contributed by atoms with Crippen LogP contribution in [0, 0.1) is 5.92 Å². The number of alkyl halides is 3. The second-order valence-electron chi connectivity index (χ2n) is 7.66. The summed E-state index contributed by atoms with van der Waals surface area (Å²) in [6, 6.07) is 7.48. The molecule has 10 heteroatoms. The molecule has 0 amide bonds. The van der Waals surface area contributed by atoms with Gasteiger partial charge in [-0.2, -0.15) is 23.0 Å². The Kier molecular flexibility index (Phi) is 5.84. The molecule has 1 aromatic heterocycles. The average Bonchev–Trinajstić information content (AvgIpc) is 3.16. The topological polar surface area (TPSA) is 89.3 Å². The fourth-order valence-corrected chi connectivity index (χ4v) is 4.21. The van der Waals surface area contributed by atoms with Crippen LogP contribution in [0.4, 0.5) is 13.2 Å². The molecule has 170 valence electrons. The summed E-state index contributed by atoms with van der Waals surface area (Å²) in [6.45, 7) is 0. The molecule has 6 nitrogen and oxygen atoms in total. The molecule has 33 heavy (non-hydrogen) atoms. The highest BCUT2D eigenvalue weighted by Gasteiger charge is 2.37. The van der Waals surface area contributed by atoms with E-state index in [1.165, 1.54) is 18.2 Å². The van der Waals surface area contributed by atoms with Crippen LogP contribution >= 0.6 is 11.6 Å². The number of hydrogen-bond acceptors (Lipinski definition) is 4. The lowest BCUT2D eigenvalue weighted by atomic mass is 9.88. The minimum absolute atomic E-state index is 0.147. The number of nitrogens with zero attached hydrogens (tertiary/aromatic N) is 2. The maximum absolute atomic E-state index is 13.6. The molecule has 0 saturated carbocycles. The standard InChI is InChI=1S/C23H16ClF3N2O4/c24-17-3-1-2-16(23(25,26)27)19(17)21(31)29-18-10-12(11-30)4-9-15(18)20(28-29)13-5-7-14(8-6-13)22(32)33/h1-5,9-11,14H,6-8H2,(H,32,33). The van der Waals surface area contributed by atoms with E-state index in [4.69, 9.17) is 11.6 Å². The first-order valence-corrected chi connectivity index (χ1v) is 10.3.